The highest BCUT2D eigenvalue weighted by molar-refractivity contribution is 6.01. The molecule has 0 saturated heterocycles. The first kappa shape index (κ1) is 18.5. The van der Waals surface area contributed by atoms with Crippen molar-refractivity contribution >= 4 is 22.5 Å². The van der Waals surface area contributed by atoms with Gasteiger partial charge in [-0.05, 0) is 45.0 Å². The highest BCUT2D eigenvalue weighted by Crippen LogP contribution is 2.21. The fraction of sp³-hybridized carbons (Fsp3) is 0.190. The normalized spacial score (nSPS) is 12.1. The summed E-state index contributed by atoms with van der Waals surface area (Å²) in [7, 11) is 0. The molecule has 1 atom stereocenters. The van der Waals surface area contributed by atoms with E-state index < -0.39 is 6.04 Å². The Hall–Kier alpha value is -3.81. The minimum atomic E-state index is -0.821. The molecule has 8 nitrogen and oxygen atoms in total. The summed E-state index contributed by atoms with van der Waals surface area (Å²) in [5, 5.41) is 12.5. The van der Waals surface area contributed by atoms with Crippen LogP contribution in [0.3, 0.4) is 0 Å². The number of anilines is 1. The van der Waals surface area contributed by atoms with E-state index in [2.05, 4.69) is 20.5 Å². The lowest BCUT2D eigenvalue weighted by Crippen LogP contribution is -2.33. The molecule has 0 aliphatic heterocycles. The molecule has 0 spiro atoms. The van der Waals surface area contributed by atoms with Crippen molar-refractivity contribution in [2.75, 3.05) is 5.32 Å². The zero-order valence-corrected chi connectivity index (χ0v) is 16.3. The molecule has 4 rings (SSSR count). The zero-order chi connectivity index (χ0) is 20.5. The Morgan fingerprint density at radius 1 is 1.07 bits per heavy atom. The number of para-hydroxylation sites is 1. The predicted octanol–water partition coefficient (Wildman–Crippen LogP) is 2.79. The molecule has 8 heteroatoms. The topological polar surface area (TPSA) is 94.7 Å². The van der Waals surface area contributed by atoms with Gasteiger partial charge in [0.1, 0.15) is 6.04 Å². The first-order valence-corrected chi connectivity index (χ1v) is 9.22. The number of hydrogen-bond acceptors (Lipinski definition) is 5. The van der Waals surface area contributed by atoms with Crippen LogP contribution >= 0.6 is 0 Å². The largest absolute Gasteiger partial charge is 0.322 e. The molecule has 1 N–H and O–H groups in total. The van der Waals surface area contributed by atoms with Crippen LogP contribution < -0.4 is 10.9 Å². The SMILES string of the molecule is Cc1cc(C)n(-c2ccc(=O)n(C(C)C(=O)Nc3cccc4cccnc34)n2)n1. The van der Waals surface area contributed by atoms with Gasteiger partial charge in [-0.1, -0.05) is 18.2 Å². The Morgan fingerprint density at radius 3 is 2.62 bits per heavy atom. The quantitative estimate of drug-likeness (QED) is 0.580. The molecule has 0 fully saturated rings. The van der Waals surface area contributed by atoms with Gasteiger partial charge in [-0.2, -0.15) is 5.10 Å². The molecule has 0 radical (unpaired) electrons. The van der Waals surface area contributed by atoms with E-state index in [-0.39, 0.29) is 11.5 Å². The van der Waals surface area contributed by atoms with Crippen LogP contribution in [0.2, 0.25) is 0 Å². The summed E-state index contributed by atoms with van der Waals surface area (Å²) >= 11 is 0. The number of nitrogens with zero attached hydrogens (tertiary/aromatic N) is 5. The lowest BCUT2D eigenvalue weighted by Gasteiger charge is -2.16. The number of benzene rings is 1. The van der Waals surface area contributed by atoms with Gasteiger partial charge in [-0.25, -0.2) is 9.36 Å². The van der Waals surface area contributed by atoms with Crippen molar-refractivity contribution in [3.05, 3.63) is 76.5 Å². The maximum Gasteiger partial charge on any atom is 0.267 e. The number of amides is 1. The number of nitrogens with one attached hydrogen (secondary N) is 1. The van der Waals surface area contributed by atoms with Gasteiger partial charge in [0.25, 0.3) is 5.56 Å². The highest BCUT2D eigenvalue weighted by atomic mass is 16.2. The van der Waals surface area contributed by atoms with Crippen molar-refractivity contribution in [3.63, 3.8) is 0 Å². The van der Waals surface area contributed by atoms with E-state index in [0.29, 0.717) is 17.0 Å². The standard InChI is InChI=1S/C21H20N6O2/c1-13-12-14(2)26(24-13)18-9-10-19(28)27(25-18)15(3)21(29)23-17-8-4-6-16-7-5-11-22-20(16)17/h4-12,15H,1-3H3,(H,23,29). The van der Waals surface area contributed by atoms with Crippen LogP contribution in [0.1, 0.15) is 24.4 Å². The zero-order valence-electron chi connectivity index (χ0n) is 16.3. The van der Waals surface area contributed by atoms with Crippen LogP contribution in [-0.4, -0.2) is 30.5 Å². The number of carbonyl (C=O) groups excluding carboxylic acids is 1. The molecule has 29 heavy (non-hydrogen) atoms. The average molecular weight is 388 g/mol. The van der Waals surface area contributed by atoms with Gasteiger partial charge in [0.2, 0.25) is 5.91 Å². The Labute approximate surface area is 166 Å². The first-order valence-electron chi connectivity index (χ1n) is 9.22. The highest BCUT2D eigenvalue weighted by Gasteiger charge is 2.19. The third-order valence-electron chi connectivity index (χ3n) is 4.67. The number of fused-ring (bicyclic) bond motifs is 1. The number of hydrogen-bond donors (Lipinski definition) is 1. The number of carbonyl (C=O) groups is 1. The summed E-state index contributed by atoms with van der Waals surface area (Å²) in [5.74, 6) is 0.116. The summed E-state index contributed by atoms with van der Waals surface area (Å²) in [4.78, 5) is 29.6. The van der Waals surface area contributed by atoms with Crippen molar-refractivity contribution in [2.24, 2.45) is 0 Å². The second-order valence-corrected chi connectivity index (χ2v) is 6.86. The van der Waals surface area contributed by atoms with Crippen LogP contribution in [-0.2, 0) is 4.79 Å². The number of pyridine rings is 1. The molecule has 0 saturated carbocycles. The van der Waals surface area contributed by atoms with Gasteiger partial charge < -0.3 is 5.32 Å². The molecule has 0 aliphatic carbocycles. The van der Waals surface area contributed by atoms with Crippen molar-refractivity contribution in [2.45, 2.75) is 26.8 Å². The summed E-state index contributed by atoms with van der Waals surface area (Å²) in [6, 6.07) is 13.4. The molecule has 1 unspecified atom stereocenters. The smallest absolute Gasteiger partial charge is 0.267 e. The van der Waals surface area contributed by atoms with E-state index in [0.717, 1.165) is 16.8 Å². The average Bonchev–Trinajstić information content (AvgIpc) is 3.06. The van der Waals surface area contributed by atoms with E-state index >= 15 is 0 Å². The summed E-state index contributed by atoms with van der Waals surface area (Å²) in [6.07, 6.45) is 1.67. The van der Waals surface area contributed by atoms with Crippen LogP contribution in [0, 0.1) is 13.8 Å². The molecule has 0 bridgehead atoms. The fourth-order valence-corrected chi connectivity index (χ4v) is 3.22. The molecule has 3 aromatic heterocycles. The van der Waals surface area contributed by atoms with Crippen molar-refractivity contribution < 1.29 is 4.79 Å². The maximum absolute atomic E-state index is 12.9. The van der Waals surface area contributed by atoms with Crippen LogP contribution in [0.15, 0.2) is 59.5 Å². The Bertz CT molecular complexity index is 1270. The van der Waals surface area contributed by atoms with E-state index in [1.54, 1.807) is 29.9 Å². The fourth-order valence-electron chi connectivity index (χ4n) is 3.22. The van der Waals surface area contributed by atoms with Crippen molar-refractivity contribution in [1.82, 2.24) is 24.5 Å². The molecule has 1 amide bonds. The van der Waals surface area contributed by atoms with Crippen molar-refractivity contribution in [3.8, 4) is 5.82 Å². The summed E-state index contributed by atoms with van der Waals surface area (Å²) in [6.45, 7) is 5.42. The minimum absolute atomic E-state index is 0.358. The molecular formula is C21H20N6O2. The maximum atomic E-state index is 12.9. The molecule has 146 valence electrons. The molecule has 3 heterocycles. The van der Waals surface area contributed by atoms with E-state index in [4.69, 9.17) is 0 Å². The number of aryl methyl sites for hydroxylation is 2. The second kappa shape index (κ2) is 7.31. The third-order valence-corrected chi connectivity index (χ3v) is 4.67. The molecular weight excluding hydrogens is 368 g/mol. The van der Waals surface area contributed by atoms with Crippen molar-refractivity contribution in [1.29, 1.82) is 0 Å². The van der Waals surface area contributed by atoms with E-state index in [9.17, 15) is 9.59 Å². The van der Waals surface area contributed by atoms with Gasteiger partial charge in [0.15, 0.2) is 5.82 Å². The lowest BCUT2D eigenvalue weighted by molar-refractivity contribution is -0.119. The first-order chi connectivity index (χ1) is 13.9. The monoisotopic (exact) mass is 388 g/mol. The Balaban J connectivity index is 1.66. The minimum Gasteiger partial charge on any atom is -0.322 e. The van der Waals surface area contributed by atoms with Gasteiger partial charge in [0.05, 0.1) is 16.9 Å². The van der Waals surface area contributed by atoms with Gasteiger partial charge in [-0.3, -0.25) is 14.6 Å². The van der Waals surface area contributed by atoms with Gasteiger partial charge in [-0.15, -0.1) is 5.10 Å². The van der Waals surface area contributed by atoms with E-state index in [1.165, 1.54) is 10.7 Å². The second-order valence-electron chi connectivity index (χ2n) is 6.86. The van der Waals surface area contributed by atoms with Crippen LogP contribution in [0.25, 0.3) is 16.7 Å². The van der Waals surface area contributed by atoms with Gasteiger partial charge >= 0.3 is 0 Å². The summed E-state index contributed by atoms with van der Waals surface area (Å²) in [5.41, 5.74) is 2.64. The summed E-state index contributed by atoms with van der Waals surface area (Å²) < 4.78 is 2.81. The lowest BCUT2D eigenvalue weighted by atomic mass is 10.2. The molecule has 4 aromatic rings. The predicted molar refractivity (Wildman–Crippen MR) is 110 cm³/mol. The Morgan fingerprint density at radius 2 is 1.86 bits per heavy atom. The number of rotatable bonds is 4. The number of aromatic nitrogens is 5. The molecule has 0 aliphatic rings. The van der Waals surface area contributed by atoms with Crippen LogP contribution in [0.5, 0.6) is 0 Å². The third kappa shape index (κ3) is 3.52. The van der Waals surface area contributed by atoms with Crippen LogP contribution in [0.4, 0.5) is 5.69 Å². The molecule has 1 aromatic carbocycles. The van der Waals surface area contributed by atoms with Gasteiger partial charge in [0, 0.05) is 23.3 Å². The Kier molecular flexibility index (Phi) is 4.67. The van der Waals surface area contributed by atoms with E-state index in [1.807, 2.05) is 44.2 Å².